The largest absolute Gasteiger partial charge is 0.379 e. The monoisotopic (exact) mass is 379 g/mol. The van der Waals surface area contributed by atoms with Crippen LogP contribution in [0.5, 0.6) is 0 Å². The number of hydrogen-bond donors (Lipinski definition) is 2. The van der Waals surface area contributed by atoms with Crippen LogP contribution in [0.25, 0.3) is 0 Å². The molecule has 0 radical (unpaired) electrons. The first-order valence-corrected chi connectivity index (χ1v) is 9.60. The topological polar surface area (TPSA) is 36.5 Å². The van der Waals surface area contributed by atoms with Crippen LogP contribution in [-0.4, -0.2) is 42.4 Å². The summed E-state index contributed by atoms with van der Waals surface area (Å²) in [7, 11) is 0. The summed E-state index contributed by atoms with van der Waals surface area (Å²) in [5.41, 5.74) is 0.642. The highest BCUT2D eigenvalue weighted by Crippen LogP contribution is 2.29. The minimum Gasteiger partial charge on any atom is -0.379 e. The molecular weight excluding hydrogens is 357 g/mol. The van der Waals surface area contributed by atoms with Crippen LogP contribution in [0.4, 0.5) is 10.1 Å². The zero-order chi connectivity index (χ0) is 17.6. The van der Waals surface area contributed by atoms with Crippen LogP contribution in [0.1, 0.15) is 17.8 Å². The Balaban J connectivity index is 1.67. The van der Waals surface area contributed by atoms with E-state index < -0.39 is 0 Å². The molecule has 1 fully saturated rings. The lowest BCUT2D eigenvalue weighted by Gasteiger charge is -2.38. The van der Waals surface area contributed by atoms with Crippen molar-refractivity contribution in [1.82, 2.24) is 10.2 Å². The first kappa shape index (κ1) is 18.3. The van der Waals surface area contributed by atoms with E-state index in [0.29, 0.717) is 10.8 Å². The van der Waals surface area contributed by atoms with Crippen LogP contribution in [0, 0.1) is 5.82 Å². The maximum atomic E-state index is 13.3. The maximum absolute atomic E-state index is 13.3. The Labute approximate surface area is 157 Å². The molecule has 1 aromatic carbocycles. The molecular formula is C18H22FN3OS2. The molecule has 2 heterocycles. The molecule has 0 saturated carbocycles. The predicted octanol–water partition coefficient (Wildman–Crippen LogP) is 3.64. The number of hydrogen-bond acceptors (Lipinski definition) is 4. The van der Waals surface area contributed by atoms with Gasteiger partial charge in [0.1, 0.15) is 5.82 Å². The molecule has 2 N–H and O–H groups in total. The quantitative estimate of drug-likeness (QED) is 0.776. The molecule has 1 aromatic heterocycles. The van der Waals surface area contributed by atoms with Crippen LogP contribution < -0.4 is 10.6 Å². The van der Waals surface area contributed by atoms with Gasteiger partial charge in [-0.25, -0.2) is 4.39 Å². The van der Waals surface area contributed by atoms with Crippen molar-refractivity contribution in [1.29, 1.82) is 0 Å². The highest BCUT2D eigenvalue weighted by molar-refractivity contribution is 7.80. The molecule has 1 aliphatic heterocycles. The smallest absolute Gasteiger partial charge is 0.171 e. The molecule has 2 atom stereocenters. The minimum atomic E-state index is -0.286. The van der Waals surface area contributed by atoms with Gasteiger partial charge < -0.3 is 15.4 Å². The summed E-state index contributed by atoms with van der Waals surface area (Å²) < 4.78 is 18.8. The van der Waals surface area contributed by atoms with Gasteiger partial charge in [0.25, 0.3) is 0 Å². The van der Waals surface area contributed by atoms with Crippen LogP contribution in [0.3, 0.4) is 0 Å². The summed E-state index contributed by atoms with van der Waals surface area (Å²) in [5.74, 6) is -0.286. The number of rotatable bonds is 5. The van der Waals surface area contributed by atoms with Crippen LogP contribution >= 0.6 is 23.6 Å². The summed E-state index contributed by atoms with van der Waals surface area (Å²) >= 11 is 7.17. The van der Waals surface area contributed by atoms with Gasteiger partial charge in [-0.2, -0.15) is 0 Å². The molecule has 0 aliphatic carbocycles. The molecule has 0 bridgehead atoms. The van der Waals surface area contributed by atoms with E-state index in [-0.39, 0.29) is 17.9 Å². The molecule has 0 amide bonds. The van der Waals surface area contributed by atoms with Gasteiger partial charge in [-0.1, -0.05) is 12.1 Å². The molecule has 1 aliphatic rings. The minimum absolute atomic E-state index is 0.102. The SMILES string of the molecule is C[C@H](NC(=S)Nc1cccc(F)c1)[C@@H](c1cccs1)N1CCOCC1. The van der Waals surface area contributed by atoms with Gasteiger partial charge in [-0.05, 0) is 48.8 Å². The summed E-state index contributed by atoms with van der Waals surface area (Å²) in [6, 6.07) is 10.8. The van der Waals surface area contributed by atoms with Crippen molar-refractivity contribution in [2.75, 3.05) is 31.6 Å². The third-order valence-electron chi connectivity index (χ3n) is 4.19. The lowest BCUT2D eigenvalue weighted by molar-refractivity contribution is 0.0110. The van der Waals surface area contributed by atoms with Crippen LogP contribution in [-0.2, 0) is 4.74 Å². The molecule has 4 nitrogen and oxygen atoms in total. The summed E-state index contributed by atoms with van der Waals surface area (Å²) in [6.45, 7) is 5.43. The molecule has 1 saturated heterocycles. The summed E-state index contributed by atoms with van der Waals surface area (Å²) in [4.78, 5) is 3.73. The number of thiophene rings is 1. The van der Waals surface area contributed by atoms with Crippen LogP contribution in [0.2, 0.25) is 0 Å². The first-order valence-electron chi connectivity index (χ1n) is 8.32. The van der Waals surface area contributed by atoms with E-state index >= 15 is 0 Å². The maximum Gasteiger partial charge on any atom is 0.171 e. The normalized spacial score (nSPS) is 17.7. The van der Waals surface area contributed by atoms with Crippen molar-refractivity contribution in [2.45, 2.75) is 19.0 Å². The second-order valence-electron chi connectivity index (χ2n) is 6.01. The fourth-order valence-corrected chi connectivity index (χ4v) is 4.34. The van der Waals surface area contributed by atoms with E-state index in [1.807, 2.05) is 0 Å². The molecule has 0 spiro atoms. The Hall–Kier alpha value is -1.54. The molecule has 3 rings (SSSR count). The zero-order valence-corrected chi connectivity index (χ0v) is 15.7. The Morgan fingerprint density at radius 2 is 2.08 bits per heavy atom. The highest BCUT2D eigenvalue weighted by atomic mass is 32.1. The fourth-order valence-electron chi connectivity index (χ4n) is 3.08. The van der Waals surface area contributed by atoms with Crippen molar-refractivity contribution in [3.05, 3.63) is 52.5 Å². The van der Waals surface area contributed by atoms with Gasteiger partial charge in [0, 0.05) is 29.7 Å². The van der Waals surface area contributed by atoms with E-state index in [4.69, 9.17) is 17.0 Å². The average molecular weight is 380 g/mol. The summed E-state index contributed by atoms with van der Waals surface area (Å²) in [5, 5.41) is 9.00. The van der Waals surface area contributed by atoms with Gasteiger partial charge in [-0.3, -0.25) is 4.90 Å². The Morgan fingerprint density at radius 3 is 2.76 bits per heavy atom. The molecule has 25 heavy (non-hydrogen) atoms. The third kappa shape index (κ3) is 4.98. The van der Waals surface area contributed by atoms with Crippen molar-refractivity contribution in [2.24, 2.45) is 0 Å². The Bertz CT molecular complexity index is 689. The fraction of sp³-hybridized carbons (Fsp3) is 0.389. The van der Waals surface area contributed by atoms with Gasteiger partial charge in [-0.15, -0.1) is 11.3 Å². The Kier molecular flexibility index (Phi) is 6.36. The van der Waals surface area contributed by atoms with E-state index in [1.54, 1.807) is 23.5 Å². The predicted molar refractivity (Wildman–Crippen MR) is 105 cm³/mol. The highest BCUT2D eigenvalue weighted by Gasteiger charge is 2.28. The van der Waals surface area contributed by atoms with Crippen molar-refractivity contribution < 1.29 is 9.13 Å². The second-order valence-corrected chi connectivity index (χ2v) is 7.39. The van der Waals surface area contributed by atoms with E-state index in [0.717, 1.165) is 26.3 Å². The summed E-state index contributed by atoms with van der Waals surface area (Å²) in [6.07, 6.45) is 0. The first-order chi connectivity index (χ1) is 12.1. The lowest BCUT2D eigenvalue weighted by Crippen LogP contribution is -2.49. The number of morpholine rings is 1. The molecule has 0 unspecified atom stereocenters. The van der Waals surface area contributed by atoms with Gasteiger partial charge >= 0.3 is 0 Å². The second kappa shape index (κ2) is 8.71. The standard InChI is InChI=1S/C18H22FN3OS2/c1-13(20-18(24)21-15-5-2-4-14(19)12-15)17(16-6-3-11-25-16)22-7-9-23-10-8-22/h2-6,11-13,17H,7-10H2,1H3,(H2,20,21,24)/t13-,17-/m0/s1. The number of anilines is 1. The van der Waals surface area contributed by atoms with E-state index in [1.165, 1.54) is 17.0 Å². The number of nitrogens with zero attached hydrogens (tertiary/aromatic N) is 1. The molecule has 134 valence electrons. The van der Waals surface area contributed by atoms with Crippen molar-refractivity contribution in [3.8, 4) is 0 Å². The Morgan fingerprint density at radius 1 is 1.28 bits per heavy atom. The van der Waals surface area contributed by atoms with Crippen molar-refractivity contribution in [3.63, 3.8) is 0 Å². The number of benzene rings is 1. The van der Waals surface area contributed by atoms with Gasteiger partial charge in [0.05, 0.1) is 19.3 Å². The zero-order valence-electron chi connectivity index (χ0n) is 14.1. The molecule has 2 aromatic rings. The number of thiocarbonyl (C=S) groups is 1. The lowest BCUT2D eigenvalue weighted by atomic mass is 10.1. The van der Waals surface area contributed by atoms with Crippen LogP contribution in [0.15, 0.2) is 41.8 Å². The van der Waals surface area contributed by atoms with E-state index in [2.05, 4.69) is 40.0 Å². The van der Waals surface area contributed by atoms with Crippen molar-refractivity contribution >= 4 is 34.4 Å². The number of halogens is 1. The van der Waals surface area contributed by atoms with E-state index in [9.17, 15) is 4.39 Å². The number of nitrogens with one attached hydrogen (secondary N) is 2. The number of ether oxygens (including phenoxy) is 1. The molecule has 7 heteroatoms. The third-order valence-corrected chi connectivity index (χ3v) is 5.35. The van der Waals surface area contributed by atoms with Gasteiger partial charge in [0.2, 0.25) is 0 Å². The van der Waals surface area contributed by atoms with Gasteiger partial charge in [0.15, 0.2) is 5.11 Å². The average Bonchev–Trinajstić information content (AvgIpc) is 3.10.